The molecule has 0 amide bonds. The van der Waals surface area contributed by atoms with Crippen LogP contribution >= 0.6 is 0 Å². The van der Waals surface area contributed by atoms with Gasteiger partial charge in [0.05, 0.1) is 10.5 Å². The number of alkyl halides is 3. The molecule has 0 aliphatic rings. The lowest BCUT2D eigenvalue weighted by molar-refractivity contribution is -0.143. The second kappa shape index (κ2) is 9.30. The lowest BCUT2D eigenvalue weighted by atomic mass is 10.0. The summed E-state index contributed by atoms with van der Waals surface area (Å²) in [7, 11) is -4.24. The van der Waals surface area contributed by atoms with Crippen molar-refractivity contribution in [3.8, 4) is 11.1 Å². The first-order valence-electron chi connectivity index (χ1n) is 10.2. The third-order valence-corrected chi connectivity index (χ3v) is 6.45. The Morgan fingerprint density at radius 3 is 2.03 bits per heavy atom. The summed E-state index contributed by atoms with van der Waals surface area (Å²) in [6.07, 6.45) is -4.62. The van der Waals surface area contributed by atoms with Crippen LogP contribution in [0.25, 0.3) is 11.1 Å². The molecule has 1 aromatic heterocycles. The number of aryl methyl sites for hydroxylation is 2. The normalized spacial score (nSPS) is 12.0. The van der Waals surface area contributed by atoms with Gasteiger partial charge in [0.2, 0.25) is 0 Å². The van der Waals surface area contributed by atoms with E-state index in [-0.39, 0.29) is 23.4 Å². The molecule has 4 aromatic rings. The van der Waals surface area contributed by atoms with Crippen LogP contribution in [-0.2, 0) is 29.2 Å². The third-order valence-electron chi connectivity index (χ3n) is 5.09. The first kappa shape index (κ1) is 23.5. The Kier molecular flexibility index (Phi) is 6.43. The summed E-state index contributed by atoms with van der Waals surface area (Å²) in [5.74, 6) is -1.13. The minimum absolute atomic E-state index is 0.0227. The van der Waals surface area contributed by atoms with Gasteiger partial charge in [0.25, 0.3) is 10.0 Å². The second-order valence-corrected chi connectivity index (χ2v) is 9.14. The molecule has 0 unspecified atom stereocenters. The average Bonchev–Trinajstić information content (AvgIpc) is 3.17. The molecule has 5 nitrogen and oxygen atoms in total. The fourth-order valence-electron chi connectivity index (χ4n) is 3.54. The predicted molar refractivity (Wildman–Crippen MR) is 120 cm³/mol. The number of aromatic nitrogens is 2. The maximum absolute atomic E-state index is 14.3. The summed E-state index contributed by atoms with van der Waals surface area (Å²) < 4.78 is 85.0. The van der Waals surface area contributed by atoms with Gasteiger partial charge in [-0.2, -0.15) is 18.3 Å². The average molecular weight is 489 g/mol. The van der Waals surface area contributed by atoms with Gasteiger partial charge in [0, 0.05) is 6.54 Å². The van der Waals surface area contributed by atoms with E-state index in [0.29, 0.717) is 0 Å². The number of nitrogens with zero attached hydrogens (tertiary/aromatic N) is 2. The standard InChI is InChI=1S/C24H19F4N3O2S/c25-19-13-11-18(12-14-19)21-22(24(26,27)28)31(16-15-17-7-3-1-4-8-17)29-23(21)30-34(32,33)20-9-5-2-6-10-20/h1-14H,15-16H2,(H,29,30). The molecule has 0 aliphatic heterocycles. The van der Waals surface area contributed by atoms with Gasteiger partial charge < -0.3 is 0 Å². The minimum atomic E-state index is -4.86. The Bertz CT molecular complexity index is 1370. The molecular weight excluding hydrogens is 470 g/mol. The zero-order valence-corrected chi connectivity index (χ0v) is 18.4. The van der Waals surface area contributed by atoms with Crippen molar-refractivity contribution >= 4 is 15.8 Å². The van der Waals surface area contributed by atoms with Crippen LogP contribution < -0.4 is 4.72 Å². The van der Waals surface area contributed by atoms with Crippen LogP contribution in [0.15, 0.2) is 89.8 Å². The van der Waals surface area contributed by atoms with Crippen molar-refractivity contribution < 1.29 is 26.0 Å². The van der Waals surface area contributed by atoms with E-state index in [0.717, 1.165) is 34.5 Å². The maximum atomic E-state index is 14.3. The lowest BCUT2D eigenvalue weighted by Crippen LogP contribution is -2.17. The number of sulfonamides is 1. The quantitative estimate of drug-likeness (QED) is 0.336. The molecule has 0 saturated carbocycles. The summed E-state index contributed by atoms with van der Waals surface area (Å²) >= 11 is 0. The predicted octanol–water partition coefficient (Wildman–Crippen LogP) is 5.75. The van der Waals surface area contributed by atoms with Gasteiger partial charge in [0.15, 0.2) is 11.5 Å². The van der Waals surface area contributed by atoms with Gasteiger partial charge in [-0.15, -0.1) is 0 Å². The van der Waals surface area contributed by atoms with Gasteiger partial charge >= 0.3 is 6.18 Å². The van der Waals surface area contributed by atoms with Crippen molar-refractivity contribution in [2.24, 2.45) is 0 Å². The van der Waals surface area contributed by atoms with Crippen molar-refractivity contribution in [1.29, 1.82) is 0 Å². The van der Waals surface area contributed by atoms with Crippen molar-refractivity contribution in [1.82, 2.24) is 9.78 Å². The van der Waals surface area contributed by atoms with Gasteiger partial charge in [-0.3, -0.25) is 9.40 Å². The number of nitrogens with one attached hydrogen (secondary N) is 1. The summed E-state index contributed by atoms with van der Waals surface area (Å²) in [6.45, 7) is -0.153. The summed E-state index contributed by atoms with van der Waals surface area (Å²) in [5.41, 5.74) is -0.827. The molecule has 0 radical (unpaired) electrons. The molecular formula is C24H19F4N3O2S. The van der Waals surface area contributed by atoms with E-state index >= 15 is 0 Å². The molecule has 0 aliphatic carbocycles. The largest absolute Gasteiger partial charge is 0.433 e. The topological polar surface area (TPSA) is 64.0 Å². The van der Waals surface area contributed by atoms with Crippen LogP contribution in [0.2, 0.25) is 0 Å². The zero-order chi connectivity index (χ0) is 24.3. The van der Waals surface area contributed by atoms with Crippen LogP contribution in [0, 0.1) is 5.82 Å². The molecule has 0 spiro atoms. The number of rotatable bonds is 7. The molecule has 0 bridgehead atoms. The molecule has 34 heavy (non-hydrogen) atoms. The Morgan fingerprint density at radius 1 is 0.853 bits per heavy atom. The van der Waals surface area contributed by atoms with E-state index in [1.165, 1.54) is 24.3 Å². The van der Waals surface area contributed by atoms with E-state index in [2.05, 4.69) is 9.82 Å². The van der Waals surface area contributed by atoms with Gasteiger partial charge in [0.1, 0.15) is 5.82 Å². The summed E-state index contributed by atoms with van der Waals surface area (Å²) in [4.78, 5) is -0.132. The van der Waals surface area contributed by atoms with E-state index in [4.69, 9.17) is 0 Å². The molecule has 0 saturated heterocycles. The van der Waals surface area contributed by atoms with Crippen LogP contribution in [0.1, 0.15) is 11.3 Å². The highest BCUT2D eigenvalue weighted by Gasteiger charge is 2.41. The van der Waals surface area contributed by atoms with Gasteiger partial charge in [-0.1, -0.05) is 60.7 Å². The van der Waals surface area contributed by atoms with Gasteiger partial charge in [-0.25, -0.2) is 12.8 Å². The highest BCUT2D eigenvalue weighted by Crippen LogP contribution is 2.42. The number of halogens is 4. The molecule has 176 valence electrons. The van der Waals surface area contributed by atoms with Crippen LogP contribution in [-0.4, -0.2) is 18.2 Å². The maximum Gasteiger partial charge on any atom is 0.433 e. The molecule has 1 heterocycles. The van der Waals surface area contributed by atoms with Crippen molar-refractivity contribution in [2.75, 3.05) is 4.72 Å². The first-order chi connectivity index (χ1) is 16.1. The Morgan fingerprint density at radius 2 is 1.44 bits per heavy atom. The van der Waals surface area contributed by atoms with E-state index in [1.54, 1.807) is 36.4 Å². The number of benzene rings is 3. The molecule has 10 heteroatoms. The second-order valence-electron chi connectivity index (χ2n) is 7.45. The molecule has 0 atom stereocenters. The van der Waals surface area contributed by atoms with Crippen LogP contribution in [0.4, 0.5) is 23.4 Å². The number of anilines is 1. The van der Waals surface area contributed by atoms with E-state index < -0.39 is 39.1 Å². The highest BCUT2D eigenvalue weighted by molar-refractivity contribution is 7.92. The van der Waals surface area contributed by atoms with E-state index in [1.807, 2.05) is 0 Å². The van der Waals surface area contributed by atoms with Crippen molar-refractivity contribution in [2.45, 2.75) is 24.0 Å². The summed E-state index contributed by atoms with van der Waals surface area (Å²) in [6, 6.07) is 20.4. The number of hydrogen-bond donors (Lipinski definition) is 1. The molecule has 1 N–H and O–H groups in total. The Labute approximate surface area is 193 Å². The minimum Gasteiger partial charge on any atom is -0.261 e. The Balaban J connectivity index is 1.85. The lowest BCUT2D eigenvalue weighted by Gasteiger charge is -2.13. The number of hydrogen-bond acceptors (Lipinski definition) is 3. The smallest absolute Gasteiger partial charge is 0.261 e. The van der Waals surface area contributed by atoms with E-state index in [9.17, 15) is 26.0 Å². The molecule has 0 fully saturated rings. The fraction of sp³-hybridized carbons (Fsp3) is 0.125. The zero-order valence-electron chi connectivity index (χ0n) is 17.6. The fourth-order valence-corrected chi connectivity index (χ4v) is 4.57. The Hall–Kier alpha value is -3.66. The monoisotopic (exact) mass is 489 g/mol. The highest BCUT2D eigenvalue weighted by atomic mass is 32.2. The third kappa shape index (κ3) is 5.12. The molecule has 4 rings (SSSR count). The summed E-state index contributed by atoms with van der Waals surface area (Å²) in [5, 5.41) is 4.01. The molecule has 3 aromatic carbocycles. The SMILES string of the molecule is O=S(=O)(Nc1nn(CCc2ccccc2)c(C(F)(F)F)c1-c1ccc(F)cc1)c1ccccc1. The van der Waals surface area contributed by atoms with Crippen LogP contribution in [0.3, 0.4) is 0 Å². The van der Waals surface area contributed by atoms with Crippen molar-refractivity contribution in [3.63, 3.8) is 0 Å². The van der Waals surface area contributed by atoms with Crippen molar-refractivity contribution in [3.05, 3.63) is 102 Å². The first-order valence-corrected chi connectivity index (χ1v) is 11.7. The van der Waals surface area contributed by atoms with Crippen LogP contribution in [0.5, 0.6) is 0 Å². The van der Waals surface area contributed by atoms with Gasteiger partial charge in [-0.05, 0) is 41.8 Å².